The summed E-state index contributed by atoms with van der Waals surface area (Å²) in [6, 6.07) is 8.43. The van der Waals surface area contributed by atoms with Crippen molar-refractivity contribution in [2.75, 3.05) is 26.7 Å². The molecule has 1 rings (SSSR count). The highest BCUT2D eigenvalue weighted by Crippen LogP contribution is 2.04. The van der Waals surface area contributed by atoms with Crippen LogP contribution in [0, 0.1) is 0 Å². The van der Waals surface area contributed by atoms with E-state index in [0.29, 0.717) is 0 Å². The molecular weight excluding hydrogens is 342 g/mol. The van der Waals surface area contributed by atoms with E-state index >= 15 is 0 Å². The number of rotatable bonds is 10. The maximum absolute atomic E-state index is 12.3. The Morgan fingerprint density at radius 3 is 2.35 bits per heavy atom. The van der Waals surface area contributed by atoms with Crippen LogP contribution in [0.15, 0.2) is 30.3 Å². The number of nitrogens with zero attached hydrogens (tertiary/aromatic N) is 1. The van der Waals surface area contributed by atoms with Crippen LogP contribution in [-0.4, -0.2) is 66.5 Å². The van der Waals surface area contributed by atoms with Crippen molar-refractivity contribution >= 4 is 23.7 Å². The van der Waals surface area contributed by atoms with E-state index in [4.69, 9.17) is 9.84 Å². The van der Waals surface area contributed by atoms with Gasteiger partial charge >= 0.3 is 5.97 Å². The van der Waals surface area contributed by atoms with Gasteiger partial charge in [0.05, 0.1) is 19.8 Å². The first-order valence-electron chi connectivity index (χ1n) is 7.92. The summed E-state index contributed by atoms with van der Waals surface area (Å²) in [7, 11) is 1.46. The van der Waals surface area contributed by atoms with Crippen LogP contribution in [-0.2, 0) is 30.5 Å². The Labute approximate surface area is 151 Å². The quantitative estimate of drug-likeness (QED) is 0.507. The molecule has 0 aliphatic heterocycles. The monoisotopic (exact) mass is 365 g/mol. The van der Waals surface area contributed by atoms with Gasteiger partial charge in [-0.15, -0.1) is 0 Å². The molecule has 142 valence electrons. The normalized spacial score (nSPS) is 11.3. The van der Waals surface area contributed by atoms with Crippen LogP contribution in [0.3, 0.4) is 0 Å². The lowest BCUT2D eigenvalue weighted by Crippen LogP contribution is -2.51. The van der Waals surface area contributed by atoms with Crippen LogP contribution >= 0.6 is 0 Å². The molecule has 26 heavy (non-hydrogen) atoms. The third-order valence-electron chi connectivity index (χ3n) is 3.51. The Morgan fingerprint density at radius 1 is 1.12 bits per heavy atom. The van der Waals surface area contributed by atoms with E-state index in [1.165, 1.54) is 18.9 Å². The molecule has 9 heteroatoms. The number of nitrogens with one attached hydrogen (secondary N) is 2. The highest BCUT2D eigenvalue weighted by Gasteiger charge is 2.25. The molecule has 1 aromatic rings. The molecule has 0 aromatic heterocycles. The number of carboxylic acid groups (broad SMARTS) is 1. The van der Waals surface area contributed by atoms with Gasteiger partial charge < -0.3 is 25.4 Å². The average Bonchev–Trinajstić information content (AvgIpc) is 2.61. The molecule has 0 unspecified atom stereocenters. The molecule has 0 radical (unpaired) electrons. The molecule has 1 atom stereocenters. The number of carbonyl (C=O) groups excluding carboxylic acids is 3. The Morgan fingerprint density at radius 2 is 1.77 bits per heavy atom. The summed E-state index contributed by atoms with van der Waals surface area (Å²) in [6.45, 7) is 0.610. The zero-order valence-corrected chi connectivity index (χ0v) is 14.7. The van der Waals surface area contributed by atoms with Crippen molar-refractivity contribution in [3.63, 3.8) is 0 Å². The molecule has 0 aliphatic rings. The molecule has 9 nitrogen and oxygen atoms in total. The molecule has 3 N–H and O–H groups in total. The first-order valence-corrected chi connectivity index (χ1v) is 7.92. The Hall–Kier alpha value is -2.94. The third-order valence-corrected chi connectivity index (χ3v) is 3.51. The fourth-order valence-corrected chi connectivity index (χ4v) is 1.97. The SMILES string of the molecule is CC(=O)N(C)[C@H](COCc1ccccc1)C(=O)NCC(=O)NCC(=O)O. The molecule has 0 fully saturated rings. The second-order valence-electron chi connectivity index (χ2n) is 5.53. The molecular formula is C17H23N3O6. The topological polar surface area (TPSA) is 125 Å². The van der Waals surface area contributed by atoms with Gasteiger partial charge in [-0.05, 0) is 5.56 Å². The van der Waals surface area contributed by atoms with Crippen molar-refractivity contribution in [1.29, 1.82) is 0 Å². The molecule has 0 spiro atoms. The first-order chi connectivity index (χ1) is 12.3. The van der Waals surface area contributed by atoms with Crippen LogP contribution in [0.25, 0.3) is 0 Å². The van der Waals surface area contributed by atoms with Crippen LogP contribution < -0.4 is 10.6 Å². The minimum atomic E-state index is -1.19. The maximum atomic E-state index is 12.3. The molecule has 0 saturated heterocycles. The molecule has 0 bridgehead atoms. The summed E-state index contributed by atoms with van der Waals surface area (Å²) < 4.78 is 5.53. The van der Waals surface area contributed by atoms with Crippen molar-refractivity contribution in [3.05, 3.63) is 35.9 Å². The minimum absolute atomic E-state index is 0.0481. The number of carboxylic acids is 1. The zero-order chi connectivity index (χ0) is 19.5. The standard InChI is InChI=1S/C17H23N3O6/c1-12(21)20(2)14(11-26-10-13-6-4-3-5-7-13)17(25)19-8-15(22)18-9-16(23)24/h3-7,14H,8-11H2,1-2H3,(H,18,22)(H,19,25)(H,23,24)/t14-/m1/s1. The summed E-state index contributed by atoms with van der Waals surface area (Å²) in [5.74, 6) is -2.73. The number of aliphatic carboxylic acids is 1. The van der Waals surface area contributed by atoms with Crippen LogP contribution in [0.1, 0.15) is 12.5 Å². The number of carbonyl (C=O) groups is 4. The van der Waals surface area contributed by atoms with Gasteiger partial charge in [0.2, 0.25) is 17.7 Å². The van der Waals surface area contributed by atoms with Crippen molar-refractivity contribution < 1.29 is 29.0 Å². The van der Waals surface area contributed by atoms with E-state index in [9.17, 15) is 19.2 Å². The van der Waals surface area contributed by atoms with Gasteiger partial charge in [0.25, 0.3) is 0 Å². The van der Waals surface area contributed by atoms with Crippen molar-refractivity contribution in [2.45, 2.75) is 19.6 Å². The molecule has 0 saturated carbocycles. The first kappa shape index (κ1) is 21.1. The lowest BCUT2D eigenvalue weighted by Gasteiger charge is -2.26. The Balaban J connectivity index is 2.55. The number of likely N-dealkylation sites (N-methyl/N-ethyl adjacent to an activating group) is 1. The highest BCUT2D eigenvalue weighted by molar-refractivity contribution is 5.90. The molecule has 1 aromatic carbocycles. The Bertz CT molecular complexity index is 635. The fourth-order valence-electron chi connectivity index (χ4n) is 1.97. The minimum Gasteiger partial charge on any atom is -0.480 e. The van der Waals surface area contributed by atoms with Crippen molar-refractivity contribution in [2.24, 2.45) is 0 Å². The lowest BCUT2D eigenvalue weighted by molar-refractivity contribution is -0.140. The molecule has 0 heterocycles. The number of hydrogen-bond acceptors (Lipinski definition) is 5. The van der Waals surface area contributed by atoms with Crippen LogP contribution in [0.2, 0.25) is 0 Å². The third kappa shape index (κ3) is 7.75. The van der Waals surface area contributed by atoms with Crippen molar-refractivity contribution in [3.8, 4) is 0 Å². The Kier molecular flexibility index (Phi) is 8.79. The molecule has 0 aliphatic carbocycles. The van der Waals surface area contributed by atoms with Crippen LogP contribution in [0.4, 0.5) is 0 Å². The number of benzene rings is 1. The van der Waals surface area contributed by atoms with E-state index in [1.807, 2.05) is 30.3 Å². The summed E-state index contributed by atoms with van der Waals surface area (Å²) >= 11 is 0. The van der Waals surface area contributed by atoms with Gasteiger partial charge in [0.15, 0.2) is 0 Å². The van der Waals surface area contributed by atoms with Gasteiger partial charge in [-0.1, -0.05) is 30.3 Å². The van der Waals surface area contributed by atoms with E-state index in [1.54, 1.807) is 0 Å². The summed E-state index contributed by atoms with van der Waals surface area (Å²) in [6.07, 6.45) is 0. The fraction of sp³-hybridized carbons (Fsp3) is 0.412. The largest absolute Gasteiger partial charge is 0.480 e. The van der Waals surface area contributed by atoms with E-state index in [0.717, 1.165) is 5.56 Å². The highest BCUT2D eigenvalue weighted by atomic mass is 16.5. The summed E-state index contributed by atoms with van der Waals surface area (Å²) in [5.41, 5.74) is 0.921. The smallest absolute Gasteiger partial charge is 0.322 e. The van der Waals surface area contributed by atoms with Crippen molar-refractivity contribution in [1.82, 2.24) is 15.5 Å². The van der Waals surface area contributed by atoms with Gasteiger partial charge in [-0.25, -0.2) is 0 Å². The number of ether oxygens (including phenoxy) is 1. The summed E-state index contributed by atoms with van der Waals surface area (Å²) in [5, 5.41) is 13.0. The second kappa shape index (κ2) is 10.8. The van der Waals surface area contributed by atoms with Gasteiger partial charge in [0.1, 0.15) is 12.6 Å². The lowest BCUT2D eigenvalue weighted by atomic mass is 10.2. The van der Waals surface area contributed by atoms with E-state index in [2.05, 4.69) is 10.6 Å². The van der Waals surface area contributed by atoms with E-state index in [-0.39, 0.29) is 19.1 Å². The van der Waals surface area contributed by atoms with Gasteiger partial charge in [-0.2, -0.15) is 0 Å². The predicted octanol–water partition coefficient (Wildman–Crippen LogP) is -0.633. The van der Waals surface area contributed by atoms with Gasteiger partial charge in [-0.3, -0.25) is 19.2 Å². The summed E-state index contributed by atoms with van der Waals surface area (Å²) in [4.78, 5) is 47.0. The van der Waals surface area contributed by atoms with Crippen LogP contribution in [0.5, 0.6) is 0 Å². The second-order valence-corrected chi connectivity index (χ2v) is 5.53. The number of amides is 3. The van der Waals surface area contributed by atoms with E-state index < -0.39 is 36.9 Å². The van der Waals surface area contributed by atoms with Gasteiger partial charge in [0, 0.05) is 14.0 Å². The number of hydrogen-bond donors (Lipinski definition) is 3. The average molecular weight is 365 g/mol. The molecule has 3 amide bonds. The maximum Gasteiger partial charge on any atom is 0.322 e. The zero-order valence-electron chi connectivity index (χ0n) is 14.7. The predicted molar refractivity (Wildman–Crippen MR) is 92.0 cm³/mol.